The average molecular weight is 278 g/mol. The van der Waals surface area contributed by atoms with E-state index in [2.05, 4.69) is 11.3 Å². The fourth-order valence-electron chi connectivity index (χ4n) is 2.06. The van der Waals surface area contributed by atoms with Crippen LogP contribution in [0.25, 0.3) is 0 Å². The standard InChI is InChI=1S/C14H14O6/c1-2-19-13(17)9-7-10(9)14(18)20-11-6-4-3-5-8(11)12(15)16/h2-4,8,11H,1,5-7H2,(H,15,16). The van der Waals surface area contributed by atoms with Crippen LogP contribution in [0, 0.1) is 5.92 Å². The maximum atomic E-state index is 11.8. The number of carboxylic acid groups (broad SMARTS) is 1. The van der Waals surface area contributed by atoms with Gasteiger partial charge in [0.15, 0.2) is 0 Å². The normalized spacial score (nSPS) is 24.0. The summed E-state index contributed by atoms with van der Waals surface area (Å²) in [5, 5.41) is 9.06. The molecule has 2 aliphatic carbocycles. The number of esters is 2. The zero-order chi connectivity index (χ0) is 14.7. The van der Waals surface area contributed by atoms with Crippen molar-refractivity contribution >= 4 is 17.9 Å². The van der Waals surface area contributed by atoms with Gasteiger partial charge in [-0.25, -0.2) is 9.59 Å². The van der Waals surface area contributed by atoms with E-state index in [0.717, 1.165) is 6.26 Å². The monoisotopic (exact) mass is 278 g/mol. The molecule has 6 heteroatoms. The van der Waals surface area contributed by atoms with Gasteiger partial charge in [0, 0.05) is 12.8 Å². The molecule has 1 N–H and O–H groups in total. The Bertz CT molecular complexity index is 528. The van der Waals surface area contributed by atoms with Gasteiger partial charge in [0.05, 0.1) is 23.3 Å². The van der Waals surface area contributed by atoms with Crippen LogP contribution in [0.15, 0.2) is 36.1 Å². The molecule has 0 saturated heterocycles. The van der Waals surface area contributed by atoms with E-state index in [-0.39, 0.29) is 17.6 Å². The molecule has 0 aliphatic heterocycles. The van der Waals surface area contributed by atoms with E-state index in [4.69, 9.17) is 9.84 Å². The Morgan fingerprint density at radius 3 is 2.50 bits per heavy atom. The summed E-state index contributed by atoms with van der Waals surface area (Å²) in [5.41, 5.74) is 0.503. The average Bonchev–Trinajstić information content (AvgIpc) is 3.19. The third kappa shape index (κ3) is 2.96. The van der Waals surface area contributed by atoms with Crippen LogP contribution in [-0.2, 0) is 23.9 Å². The van der Waals surface area contributed by atoms with Crippen LogP contribution < -0.4 is 0 Å². The largest absolute Gasteiger partial charge is 0.481 e. The first-order valence-electron chi connectivity index (χ1n) is 6.17. The summed E-state index contributed by atoms with van der Waals surface area (Å²) in [6.07, 6.45) is 4.74. The van der Waals surface area contributed by atoms with Gasteiger partial charge in [0.2, 0.25) is 0 Å². The predicted octanol–water partition coefficient (Wildman–Crippen LogP) is 1.34. The number of hydrogen-bond donors (Lipinski definition) is 1. The molecular weight excluding hydrogens is 264 g/mol. The fraction of sp³-hybridized carbons (Fsp3) is 0.357. The van der Waals surface area contributed by atoms with E-state index in [9.17, 15) is 14.4 Å². The van der Waals surface area contributed by atoms with Crippen LogP contribution in [-0.4, -0.2) is 29.1 Å². The fourth-order valence-corrected chi connectivity index (χ4v) is 2.06. The van der Waals surface area contributed by atoms with E-state index in [1.807, 2.05) is 0 Å². The molecule has 0 spiro atoms. The van der Waals surface area contributed by atoms with E-state index >= 15 is 0 Å². The van der Waals surface area contributed by atoms with Crippen LogP contribution in [0.5, 0.6) is 0 Å². The quantitative estimate of drug-likeness (QED) is 0.463. The van der Waals surface area contributed by atoms with Crippen LogP contribution in [0.3, 0.4) is 0 Å². The Morgan fingerprint density at radius 2 is 1.85 bits per heavy atom. The third-order valence-corrected chi connectivity index (χ3v) is 3.23. The summed E-state index contributed by atoms with van der Waals surface area (Å²) in [7, 11) is 0. The Hall–Kier alpha value is -2.37. The molecule has 106 valence electrons. The van der Waals surface area contributed by atoms with Gasteiger partial charge in [-0.05, 0) is 6.42 Å². The minimum absolute atomic E-state index is 0.214. The summed E-state index contributed by atoms with van der Waals surface area (Å²) in [6, 6.07) is 0. The lowest BCUT2D eigenvalue weighted by atomic mass is 9.91. The van der Waals surface area contributed by atoms with Crippen LogP contribution in [0.4, 0.5) is 0 Å². The second-order valence-corrected chi connectivity index (χ2v) is 4.54. The van der Waals surface area contributed by atoms with Gasteiger partial charge < -0.3 is 14.6 Å². The van der Waals surface area contributed by atoms with Crippen LogP contribution >= 0.6 is 0 Å². The highest BCUT2D eigenvalue weighted by molar-refractivity contribution is 6.08. The van der Waals surface area contributed by atoms with Gasteiger partial charge in [0.25, 0.3) is 0 Å². The highest BCUT2D eigenvalue weighted by Crippen LogP contribution is 2.34. The zero-order valence-corrected chi connectivity index (χ0v) is 10.7. The molecule has 0 amide bonds. The first-order valence-corrected chi connectivity index (χ1v) is 6.17. The van der Waals surface area contributed by atoms with Crippen molar-refractivity contribution < 1.29 is 29.0 Å². The molecule has 20 heavy (non-hydrogen) atoms. The Balaban J connectivity index is 1.98. The molecule has 6 nitrogen and oxygen atoms in total. The Labute approximate surface area is 115 Å². The van der Waals surface area contributed by atoms with Gasteiger partial charge >= 0.3 is 17.9 Å². The number of allylic oxidation sites excluding steroid dienone is 1. The lowest BCUT2D eigenvalue weighted by Gasteiger charge is -2.24. The molecule has 2 unspecified atom stereocenters. The summed E-state index contributed by atoms with van der Waals surface area (Å²) in [4.78, 5) is 34.2. The molecule has 2 rings (SSSR count). The van der Waals surface area contributed by atoms with Crippen molar-refractivity contribution in [3.8, 4) is 0 Å². The van der Waals surface area contributed by atoms with Gasteiger partial charge in [0.1, 0.15) is 6.10 Å². The third-order valence-electron chi connectivity index (χ3n) is 3.23. The molecule has 0 fully saturated rings. The number of carboxylic acids is 1. The smallest absolute Gasteiger partial charge is 0.339 e. The first-order chi connectivity index (χ1) is 9.54. The molecule has 0 aromatic carbocycles. The highest BCUT2D eigenvalue weighted by atomic mass is 16.5. The second-order valence-electron chi connectivity index (χ2n) is 4.54. The summed E-state index contributed by atoms with van der Waals surface area (Å²) >= 11 is 0. The van der Waals surface area contributed by atoms with E-state index in [1.54, 1.807) is 12.2 Å². The van der Waals surface area contributed by atoms with E-state index in [1.165, 1.54) is 0 Å². The Kier molecular flexibility index (Phi) is 4.02. The summed E-state index contributed by atoms with van der Waals surface area (Å²) < 4.78 is 9.73. The lowest BCUT2D eigenvalue weighted by Crippen LogP contribution is -2.33. The van der Waals surface area contributed by atoms with Crippen LogP contribution in [0.2, 0.25) is 0 Å². The lowest BCUT2D eigenvalue weighted by molar-refractivity contribution is -0.155. The molecule has 0 saturated carbocycles. The number of rotatable bonds is 5. The number of carbonyl (C=O) groups excluding carboxylic acids is 2. The number of ether oxygens (including phenoxy) is 2. The number of hydrogen-bond acceptors (Lipinski definition) is 5. The van der Waals surface area contributed by atoms with Crippen molar-refractivity contribution in [1.29, 1.82) is 0 Å². The first kappa shape index (κ1) is 14.0. The van der Waals surface area contributed by atoms with Crippen molar-refractivity contribution in [2.75, 3.05) is 0 Å². The minimum atomic E-state index is -0.997. The predicted molar refractivity (Wildman–Crippen MR) is 67.3 cm³/mol. The van der Waals surface area contributed by atoms with Crippen molar-refractivity contribution in [3.63, 3.8) is 0 Å². The molecule has 0 aromatic rings. The topological polar surface area (TPSA) is 89.9 Å². The molecular formula is C14H14O6. The molecule has 0 bridgehead atoms. The van der Waals surface area contributed by atoms with Gasteiger partial charge in [-0.1, -0.05) is 18.7 Å². The summed E-state index contributed by atoms with van der Waals surface area (Å²) in [6.45, 7) is 3.25. The number of aliphatic carboxylic acids is 1. The van der Waals surface area contributed by atoms with E-state index in [0.29, 0.717) is 12.8 Å². The second kappa shape index (κ2) is 5.73. The minimum Gasteiger partial charge on any atom is -0.481 e. The highest BCUT2D eigenvalue weighted by Gasteiger charge is 2.39. The maximum absolute atomic E-state index is 11.8. The Morgan fingerprint density at radius 1 is 1.20 bits per heavy atom. The molecule has 2 aliphatic rings. The van der Waals surface area contributed by atoms with Gasteiger partial charge in [-0.2, -0.15) is 0 Å². The SMILES string of the molecule is C=COC(=O)C1=C(C(=O)OC2CC=CCC2C(=O)O)C1. The van der Waals surface area contributed by atoms with Crippen LogP contribution in [0.1, 0.15) is 19.3 Å². The molecule has 0 aromatic heterocycles. The molecule has 0 heterocycles. The van der Waals surface area contributed by atoms with Crippen molar-refractivity contribution in [1.82, 2.24) is 0 Å². The van der Waals surface area contributed by atoms with Crippen molar-refractivity contribution in [2.45, 2.75) is 25.4 Å². The summed E-state index contributed by atoms with van der Waals surface area (Å²) in [5.74, 6) is -3.01. The molecule has 2 atom stereocenters. The maximum Gasteiger partial charge on any atom is 0.339 e. The molecule has 0 radical (unpaired) electrons. The van der Waals surface area contributed by atoms with Crippen molar-refractivity contribution in [3.05, 3.63) is 36.1 Å². The number of carbonyl (C=O) groups is 3. The zero-order valence-electron chi connectivity index (χ0n) is 10.7. The van der Waals surface area contributed by atoms with Gasteiger partial charge in [-0.3, -0.25) is 4.79 Å². The van der Waals surface area contributed by atoms with Crippen molar-refractivity contribution in [2.24, 2.45) is 5.92 Å². The van der Waals surface area contributed by atoms with E-state index < -0.39 is 29.9 Å². The van der Waals surface area contributed by atoms with Gasteiger partial charge in [-0.15, -0.1) is 0 Å².